The number of hydrogen-bond donors (Lipinski definition) is 1. The highest BCUT2D eigenvalue weighted by molar-refractivity contribution is 5.29. The molecule has 4 heteroatoms. The van der Waals surface area contributed by atoms with E-state index in [1.54, 1.807) is 0 Å². The van der Waals surface area contributed by atoms with E-state index < -0.39 is 0 Å². The van der Waals surface area contributed by atoms with Gasteiger partial charge in [-0.25, -0.2) is 9.97 Å². The van der Waals surface area contributed by atoms with Crippen molar-refractivity contribution in [2.24, 2.45) is 0 Å². The summed E-state index contributed by atoms with van der Waals surface area (Å²) >= 11 is 0. The Morgan fingerprint density at radius 2 is 1.88 bits per heavy atom. The zero-order valence-corrected chi connectivity index (χ0v) is 11.6. The van der Waals surface area contributed by atoms with Crippen molar-refractivity contribution in [3.05, 3.63) is 18.0 Å². The highest BCUT2D eigenvalue weighted by atomic mass is 15.2. The molecule has 0 aliphatic heterocycles. The molecule has 96 valence electrons. The summed E-state index contributed by atoms with van der Waals surface area (Å²) < 4.78 is 0. The van der Waals surface area contributed by atoms with E-state index in [0.717, 1.165) is 31.3 Å². The Labute approximate surface area is 104 Å². The summed E-state index contributed by atoms with van der Waals surface area (Å²) in [5, 5.41) is 3.43. The molecule has 0 aromatic carbocycles. The van der Waals surface area contributed by atoms with Crippen LogP contribution in [-0.2, 0) is 6.54 Å². The lowest BCUT2D eigenvalue weighted by Crippen LogP contribution is -2.35. The summed E-state index contributed by atoms with van der Waals surface area (Å²) in [6.07, 6.45) is 1.83. The Kier molecular flexibility index (Phi) is 4.87. The molecule has 0 fully saturated rings. The molecule has 0 radical (unpaired) electrons. The van der Waals surface area contributed by atoms with Gasteiger partial charge in [-0.15, -0.1) is 0 Å². The highest BCUT2D eigenvalue weighted by Gasteiger charge is 2.10. The van der Waals surface area contributed by atoms with Gasteiger partial charge in [0.25, 0.3) is 0 Å². The molecule has 0 spiro atoms. The second-order valence-electron chi connectivity index (χ2n) is 5.12. The first-order valence-electron chi connectivity index (χ1n) is 6.28. The summed E-state index contributed by atoms with van der Waals surface area (Å²) in [7, 11) is 0. The van der Waals surface area contributed by atoms with E-state index >= 15 is 0 Å². The minimum absolute atomic E-state index is 0.111. The fourth-order valence-electron chi connectivity index (χ4n) is 1.50. The first-order chi connectivity index (χ1) is 7.96. The van der Waals surface area contributed by atoms with E-state index in [1.165, 1.54) is 0 Å². The molecular weight excluding hydrogens is 212 g/mol. The van der Waals surface area contributed by atoms with Gasteiger partial charge in [-0.05, 0) is 40.7 Å². The SMILES string of the molecule is CCN(CC)c1nccc(CNC(C)(C)C)n1. The minimum Gasteiger partial charge on any atom is -0.341 e. The quantitative estimate of drug-likeness (QED) is 0.851. The molecule has 0 aliphatic rings. The van der Waals surface area contributed by atoms with Crippen LogP contribution in [0.1, 0.15) is 40.3 Å². The van der Waals surface area contributed by atoms with E-state index in [2.05, 4.69) is 54.8 Å². The van der Waals surface area contributed by atoms with E-state index in [-0.39, 0.29) is 5.54 Å². The van der Waals surface area contributed by atoms with Crippen LogP contribution < -0.4 is 10.2 Å². The van der Waals surface area contributed by atoms with Crippen molar-refractivity contribution in [2.75, 3.05) is 18.0 Å². The molecule has 0 saturated heterocycles. The van der Waals surface area contributed by atoms with Crippen molar-refractivity contribution in [1.82, 2.24) is 15.3 Å². The average molecular weight is 236 g/mol. The summed E-state index contributed by atoms with van der Waals surface area (Å²) in [5.74, 6) is 0.822. The molecule has 0 aliphatic carbocycles. The standard InChI is InChI=1S/C13H24N4/c1-6-17(7-2)12-14-9-8-11(16-12)10-15-13(3,4)5/h8-9,15H,6-7,10H2,1-5H3. The topological polar surface area (TPSA) is 41.1 Å². The second-order valence-corrected chi connectivity index (χ2v) is 5.12. The van der Waals surface area contributed by atoms with Gasteiger partial charge in [0.1, 0.15) is 0 Å². The van der Waals surface area contributed by atoms with Crippen molar-refractivity contribution in [3.8, 4) is 0 Å². The van der Waals surface area contributed by atoms with Crippen molar-refractivity contribution in [1.29, 1.82) is 0 Å². The molecule has 1 rings (SSSR count). The molecule has 0 unspecified atom stereocenters. The maximum Gasteiger partial charge on any atom is 0.225 e. The molecule has 0 bridgehead atoms. The maximum atomic E-state index is 4.57. The second kappa shape index (κ2) is 5.96. The molecule has 1 heterocycles. The van der Waals surface area contributed by atoms with Crippen LogP contribution in [0.4, 0.5) is 5.95 Å². The monoisotopic (exact) mass is 236 g/mol. The van der Waals surface area contributed by atoms with Crippen LogP contribution in [-0.4, -0.2) is 28.6 Å². The van der Waals surface area contributed by atoms with Crippen LogP contribution in [0.3, 0.4) is 0 Å². The summed E-state index contributed by atoms with van der Waals surface area (Å²) in [4.78, 5) is 11.0. The van der Waals surface area contributed by atoms with Gasteiger partial charge in [-0.2, -0.15) is 0 Å². The number of anilines is 1. The number of nitrogens with zero attached hydrogens (tertiary/aromatic N) is 3. The summed E-state index contributed by atoms with van der Waals surface area (Å²) in [6.45, 7) is 13.3. The van der Waals surface area contributed by atoms with Crippen LogP contribution in [0, 0.1) is 0 Å². The summed E-state index contributed by atoms with van der Waals surface area (Å²) in [5.41, 5.74) is 1.15. The van der Waals surface area contributed by atoms with Crippen LogP contribution >= 0.6 is 0 Å². The van der Waals surface area contributed by atoms with Crippen LogP contribution in [0.5, 0.6) is 0 Å². The van der Waals surface area contributed by atoms with Gasteiger partial charge in [-0.3, -0.25) is 0 Å². The molecule has 1 aromatic heterocycles. The van der Waals surface area contributed by atoms with Gasteiger partial charge >= 0.3 is 0 Å². The third-order valence-corrected chi connectivity index (χ3v) is 2.55. The molecule has 17 heavy (non-hydrogen) atoms. The number of aromatic nitrogens is 2. The van der Waals surface area contributed by atoms with Crippen molar-refractivity contribution in [3.63, 3.8) is 0 Å². The Bertz CT molecular complexity index is 340. The van der Waals surface area contributed by atoms with Crippen LogP contribution in [0.2, 0.25) is 0 Å². The molecule has 1 N–H and O–H groups in total. The van der Waals surface area contributed by atoms with E-state index in [1.807, 2.05) is 12.3 Å². The summed E-state index contributed by atoms with van der Waals surface area (Å²) in [6, 6.07) is 1.96. The van der Waals surface area contributed by atoms with Crippen molar-refractivity contribution in [2.45, 2.75) is 46.7 Å². The lowest BCUT2D eigenvalue weighted by atomic mass is 10.1. The van der Waals surface area contributed by atoms with Gasteiger partial charge in [0.15, 0.2) is 0 Å². The lowest BCUT2D eigenvalue weighted by Gasteiger charge is -2.21. The molecule has 1 aromatic rings. The van der Waals surface area contributed by atoms with Gasteiger partial charge in [-0.1, -0.05) is 0 Å². The Morgan fingerprint density at radius 1 is 1.24 bits per heavy atom. The number of nitrogens with one attached hydrogen (secondary N) is 1. The molecule has 0 atom stereocenters. The van der Waals surface area contributed by atoms with E-state index in [0.29, 0.717) is 0 Å². The average Bonchev–Trinajstić information content (AvgIpc) is 2.28. The zero-order chi connectivity index (χ0) is 12.9. The van der Waals surface area contributed by atoms with E-state index in [4.69, 9.17) is 0 Å². The highest BCUT2D eigenvalue weighted by Crippen LogP contribution is 2.08. The van der Waals surface area contributed by atoms with Crippen LogP contribution in [0.25, 0.3) is 0 Å². The van der Waals surface area contributed by atoms with Gasteiger partial charge in [0, 0.05) is 31.4 Å². The fraction of sp³-hybridized carbons (Fsp3) is 0.692. The maximum absolute atomic E-state index is 4.57. The zero-order valence-electron chi connectivity index (χ0n) is 11.6. The Balaban J connectivity index is 2.72. The smallest absolute Gasteiger partial charge is 0.225 e. The molecular formula is C13H24N4. The number of hydrogen-bond acceptors (Lipinski definition) is 4. The Hall–Kier alpha value is -1.16. The first kappa shape index (κ1) is 13.9. The third kappa shape index (κ3) is 4.69. The Morgan fingerprint density at radius 3 is 2.41 bits per heavy atom. The molecule has 4 nitrogen and oxygen atoms in total. The largest absolute Gasteiger partial charge is 0.341 e. The predicted molar refractivity (Wildman–Crippen MR) is 72.2 cm³/mol. The number of rotatable bonds is 5. The predicted octanol–water partition coefficient (Wildman–Crippen LogP) is 2.21. The fourth-order valence-corrected chi connectivity index (χ4v) is 1.50. The van der Waals surface area contributed by atoms with Crippen molar-refractivity contribution >= 4 is 5.95 Å². The molecule has 0 amide bonds. The molecule has 0 saturated carbocycles. The van der Waals surface area contributed by atoms with Crippen LogP contribution in [0.15, 0.2) is 12.3 Å². The first-order valence-corrected chi connectivity index (χ1v) is 6.28. The van der Waals surface area contributed by atoms with Gasteiger partial charge < -0.3 is 10.2 Å². The van der Waals surface area contributed by atoms with Gasteiger partial charge in [0.2, 0.25) is 5.95 Å². The van der Waals surface area contributed by atoms with Gasteiger partial charge in [0.05, 0.1) is 5.69 Å². The van der Waals surface area contributed by atoms with E-state index in [9.17, 15) is 0 Å². The van der Waals surface area contributed by atoms with Crippen molar-refractivity contribution < 1.29 is 0 Å². The normalized spacial score (nSPS) is 11.6. The lowest BCUT2D eigenvalue weighted by molar-refractivity contribution is 0.421. The minimum atomic E-state index is 0.111. The third-order valence-electron chi connectivity index (χ3n) is 2.55.